The van der Waals surface area contributed by atoms with E-state index in [1.54, 1.807) is 36.5 Å². The average Bonchev–Trinajstić information content (AvgIpc) is 2.60. The number of benzene rings is 2. The number of fused-ring (bicyclic) bond motifs is 1. The Morgan fingerprint density at radius 2 is 1.83 bits per heavy atom. The van der Waals surface area contributed by atoms with Gasteiger partial charge in [0.25, 0.3) is 11.8 Å². The molecule has 0 atom stereocenters. The van der Waals surface area contributed by atoms with Crippen LogP contribution in [0.3, 0.4) is 0 Å². The molecule has 1 heterocycles. The third-order valence-electron chi connectivity index (χ3n) is 3.38. The summed E-state index contributed by atoms with van der Waals surface area (Å²) >= 11 is 0. The zero-order valence-electron chi connectivity index (χ0n) is 12.7. The highest BCUT2D eigenvalue weighted by Gasteiger charge is 2.14. The van der Waals surface area contributed by atoms with Gasteiger partial charge >= 0.3 is 0 Å². The molecular formula is C18H15N3O3. The molecule has 0 saturated heterocycles. The molecule has 0 aliphatic rings. The molecule has 0 bridgehead atoms. The highest BCUT2D eigenvalue weighted by atomic mass is 16.5. The van der Waals surface area contributed by atoms with Gasteiger partial charge in [0, 0.05) is 11.6 Å². The number of pyridine rings is 1. The fourth-order valence-corrected chi connectivity index (χ4v) is 2.32. The molecule has 3 rings (SSSR count). The summed E-state index contributed by atoms with van der Waals surface area (Å²) < 4.78 is 5.29. The van der Waals surface area contributed by atoms with E-state index in [0.717, 1.165) is 5.39 Å². The lowest BCUT2D eigenvalue weighted by atomic mass is 10.1. The van der Waals surface area contributed by atoms with E-state index in [2.05, 4.69) is 10.3 Å². The van der Waals surface area contributed by atoms with Gasteiger partial charge < -0.3 is 15.8 Å². The van der Waals surface area contributed by atoms with Crippen LogP contribution in [0.25, 0.3) is 10.9 Å². The van der Waals surface area contributed by atoms with Gasteiger partial charge in [-0.3, -0.25) is 14.6 Å². The zero-order chi connectivity index (χ0) is 16.9. The molecule has 3 aromatic rings. The maximum Gasteiger partial charge on any atom is 0.259 e. The van der Waals surface area contributed by atoms with E-state index in [9.17, 15) is 9.59 Å². The number of amides is 2. The normalized spacial score (nSPS) is 10.3. The minimum absolute atomic E-state index is 0.292. The van der Waals surface area contributed by atoms with Gasteiger partial charge in [0.15, 0.2) is 6.61 Å². The van der Waals surface area contributed by atoms with Crippen molar-refractivity contribution in [1.82, 2.24) is 4.98 Å². The number of carbonyl (C=O) groups is 2. The van der Waals surface area contributed by atoms with E-state index < -0.39 is 5.91 Å². The van der Waals surface area contributed by atoms with Crippen LogP contribution in [0.15, 0.2) is 60.8 Å². The summed E-state index contributed by atoms with van der Waals surface area (Å²) in [6, 6.07) is 15.9. The number of carbonyl (C=O) groups excluding carboxylic acids is 2. The van der Waals surface area contributed by atoms with Gasteiger partial charge in [-0.1, -0.05) is 30.3 Å². The second-order valence-electron chi connectivity index (χ2n) is 5.09. The van der Waals surface area contributed by atoms with Crippen molar-refractivity contribution in [1.29, 1.82) is 0 Å². The summed E-state index contributed by atoms with van der Waals surface area (Å²) in [4.78, 5) is 27.8. The fraction of sp³-hybridized carbons (Fsp3) is 0.0556. The summed E-state index contributed by atoms with van der Waals surface area (Å²) in [6.45, 7) is -0.292. The predicted octanol–water partition coefficient (Wildman–Crippen LogP) is 2.35. The number of primary amides is 1. The van der Waals surface area contributed by atoms with Gasteiger partial charge in [-0.15, -0.1) is 0 Å². The number of hydrogen-bond acceptors (Lipinski definition) is 4. The lowest BCUT2D eigenvalue weighted by molar-refractivity contribution is -0.119. The molecule has 6 heteroatoms. The molecule has 120 valence electrons. The van der Waals surface area contributed by atoms with E-state index in [-0.39, 0.29) is 12.5 Å². The number of nitrogens with one attached hydrogen (secondary N) is 1. The van der Waals surface area contributed by atoms with E-state index in [1.807, 2.05) is 24.3 Å². The largest absolute Gasteiger partial charge is 0.483 e. The molecule has 0 unspecified atom stereocenters. The molecule has 0 saturated carbocycles. The van der Waals surface area contributed by atoms with Crippen LogP contribution in [0.5, 0.6) is 5.75 Å². The summed E-state index contributed by atoms with van der Waals surface area (Å²) in [5, 5.41) is 3.76. The van der Waals surface area contributed by atoms with Crippen molar-refractivity contribution in [2.75, 3.05) is 11.9 Å². The topological polar surface area (TPSA) is 94.3 Å². The third kappa shape index (κ3) is 3.33. The Morgan fingerprint density at radius 1 is 1.04 bits per heavy atom. The Morgan fingerprint density at radius 3 is 2.67 bits per heavy atom. The molecular weight excluding hydrogens is 306 g/mol. The van der Waals surface area contributed by atoms with Gasteiger partial charge in [0.05, 0.1) is 16.8 Å². The molecule has 0 fully saturated rings. The average molecular weight is 321 g/mol. The smallest absolute Gasteiger partial charge is 0.259 e. The molecule has 0 aliphatic carbocycles. The first-order chi connectivity index (χ1) is 11.6. The minimum atomic E-state index is -0.608. The number of rotatable bonds is 5. The first-order valence-electron chi connectivity index (χ1n) is 7.30. The van der Waals surface area contributed by atoms with Crippen molar-refractivity contribution >= 4 is 28.4 Å². The predicted molar refractivity (Wildman–Crippen MR) is 90.8 cm³/mol. The Hall–Kier alpha value is -3.41. The van der Waals surface area contributed by atoms with E-state index in [1.165, 1.54) is 0 Å². The van der Waals surface area contributed by atoms with Crippen LogP contribution in [0.2, 0.25) is 0 Å². The number of para-hydroxylation sites is 2. The summed E-state index contributed by atoms with van der Waals surface area (Å²) in [5.41, 5.74) is 6.69. The van der Waals surface area contributed by atoms with Gasteiger partial charge in [-0.25, -0.2) is 0 Å². The van der Waals surface area contributed by atoms with Crippen molar-refractivity contribution in [3.63, 3.8) is 0 Å². The number of hydrogen-bond donors (Lipinski definition) is 2. The number of aromatic nitrogens is 1. The number of nitrogens with zero attached hydrogens (tertiary/aromatic N) is 1. The van der Waals surface area contributed by atoms with Gasteiger partial charge in [-0.2, -0.15) is 0 Å². The molecule has 3 N–H and O–H groups in total. The fourth-order valence-electron chi connectivity index (χ4n) is 2.32. The Balaban J connectivity index is 1.88. The maximum atomic E-state index is 12.6. The lowest BCUT2D eigenvalue weighted by Gasteiger charge is -2.11. The lowest BCUT2D eigenvalue weighted by Crippen LogP contribution is -2.21. The van der Waals surface area contributed by atoms with Crippen LogP contribution in [-0.2, 0) is 4.79 Å². The highest BCUT2D eigenvalue weighted by molar-refractivity contribution is 6.09. The monoisotopic (exact) mass is 321 g/mol. The molecule has 24 heavy (non-hydrogen) atoms. The van der Waals surface area contributed by atoms with Crippen molar-refractivity contribution < 1.29 is 14.3 Å². The summed E-state index contributed by atoms with van der Waals surface area (Å²) in [6.07, 6.45) is 1.67. The van der Waals surface area contributed by atoms with Crippen molar-refractivity contribution in [2.45, 2.75) is 0 Å². The van der Waals surface area contributed by atoms with Crippen molar-refractivity contribution in [2.24, 2.45) is 5.73 Å². The van der Waals surface area contributed by atoms with Crippen LogP contribution < -0.4 is 15.8 Å². The van der Waals surface area contributed by atoms with Crippen LogP contribution in [0, 0.1) is 0 Å². The molecule has 0 spiro atoms. The molecule has 6 nitrogen and oxygen atoms in total. The van der Waals surface area contributed by atoms with Crippen LogP contribution in [-0.4, -0.2) is 23.4 Å². The number of nitrogens with two attached hydrogens (primary N) is 1. The molecule has 0 radical (unpaired) electrons. The van der Waals surface area contributed by atoms with Crippen LogP contribution in [0.1, 0.15) is 10.4 Å². The first-order valence-corrected chi connectivity index (χ1v) is 7.30. The van der Waals surface area contributed by atoms with Crippen LogP contribution >= 0.6 is 0 Å². The third-order valence-corrected chi connectivity index (χ3v) is 3.38. The Bertz CT molecular complexity index is 903. The zero-order valence-corrected chi connectivity index (χ0v) is 12.7. The molecule has 0 aliphatic heterocycles. The summed E-state index contributed by atoms with van der Waals surface area (Å²) in [7, 11) is 0. The number of anilines is 1. The first kappa shape index (κ1) is 15.5. The summed E-state index contributed by atoms with van der Waals surface area (Å²) in [5.74, 6) is -0.668. The second-order valence-corrected chi connectivity index (χ2v) is 5.09. The standard InChI is InChI=1S/C18H15N3O3/c19-16(22)11-24-15-9-2-1-7-13(15)18(23)21-14-8-3-5-12-6-4-10-20-17(12)14/h1-10H,11H2,(H2,19,22)(H,21,23). The van der Waals surface area contributed by atoms with Crippen molar-refractivity contribution in [3.8, 4) is 5.75 Å². The van der Waals surface area contributed by atoms with E-state index in [0.29, 0.717) is 22.5 Å². The van der Waals surface area contributed by atoms with Gasteiger partial charge in [-0.05, 0) is 24.3 Å². The molecule has 2 aromatic carbocycles. The van der Waals surface area contributed by atoms with Gasteiger partial charge in [0.2, 0.25) is 0 Å². The SMILES string of the molecule is NC(=O)COc1ccccc1C(=O)Nc1cccc2cccnc12. The Kier molecular flexibility index (Phi) is 4.38. The second kappa shape index (κ2) is 6.78. The molecule has 2 amide bonds. The minimum Gasteiger partial charge on any atom is -0.483 e. The van der Waals surface area contributed by atoms with Crippen molar-refractivity contribution in [3.05, 3.63) is 66.4 Å². The van der Waals surface area contributed by atoms with Gasteiger partial charge in [0.1, 0.15) is 5.75 Å². The van der Waals surface area contributed by atoms with E-state index in [4.69, 9.17) is 10.5 Å². The maximum absolute atomic E-state index is 12.6. The molecule has 1 aromatic heterocycles. The highest BCUT2D eigenvalue weighted by Crippen LogP contribution is 2.23. The number of ether oxygens (including phenoxy) is 1. The van der Waals surface area contributed by atoms with E-state index >= 15 is 0 Å². The quantitative estimate of drug-likeness (QED) is 0.754. The Labute approximate surface area is 138 Å². The van der Waals surface area contributed by atoms with Crippen LogP contribution in [0.4, 0.5) is 5.69 Å².